The van der Waals surface area contributed by atoms with E-state index >= 15 is 0 Å². The van der Waals surface area contributed by atoms with Gasteiger partial charge in [0.15, 0.2) is 9.84 Å². The molecule has 0 aliphatic heterocycles. The van der Waals surface area contributed by atoms with Crippen LogP contribution in [-0.4, -0.2) is 97.2 Å². The van der Waals surface area contributed by atoms with Gasteiger partial charge in [0.05, 0.1) is 24.7 Å². The van der Waals surface area contributed by atoms with Gasteiger partial charge >= 0.3 is 29.0 Å². The summed E-state index contributed by atoms with van der Waals surface area (Å²) in [5.41, 5.74) is 5.35. The van der Waals surface area contributed by atoms with Crippen molar-refractivity contribution in [3.8, 4) is 0 Å². The van der Waals surface area contributed by atoms with Gasteiger partial charge in [0, 0.05) is 23.8 Å². The first-order chi connectivity index (χ1) is 18.5. The molecule has 222 valence electrons. The number of carboxylic acids is 2. The second kappa shape index (κ2) is 22.2. The molecule has 0 heterocycles. The maximum Gasteiger partial charge on any atom is 2.00 e. The summed E-state index contributed by atoms with van der Waals surface area (Å²) < 4.78 is 29.7. The molecule has 0 aromatic rings. The van der Waals surface area contributed by atoms with Crippen molar-refractivity contribution in [2.24, 2.45) is 5.73 Å². The Labute approximate surface area is 252 Å². The van der Waals surface area contributed by atoms with Gasteiger partial charge in [0.1, 0.15) is 18.6 Å². The Morgan fingerprint density at radius 1 is 0.975 bits per heavy atom. The van der Waals surface area contributed by atoms with Crippen LogP contribution in [0.3, 0.4) is 0 Å². The number of thioether (sulfide) groups is 1. The second-order valence-corrected chi connectivity index (χ2v) is 11.7. The van der Waals surface area contributed by atoms with Crippen LogP contribution in [0.1, 0.15) is 12.8 Å². The van der Waals surface area contributed by atoms with Crippen LogP contribution in [0, 0.1) is 63.7 Å². The van der Waals surface area contributed by atoms with E-state index in [0.29, 0.717) is 6.61 Å². The number of sulfone groups is 1. The fourth-order valence-electron chi connectivity index (χ4n) is 2.84. The van der Waals surface area contributed by atoms with Crippen LogP contribution in [0.2, 0.25) is 0 Å². The molecule has 2 fully saturated rings. The molecule has 0 aromatic carbocycles. The zero-order valence-electron chi connectivity index (χ0n) is 21.7. The molecule has 2 atom stereocenters. The second-order valence-electron chi connectivity index (χ2n) is 8.25. The van der Waals surface area contributed by atoms with E-state index in [2.05, 4.69) is 10.6 Å². The summed E-state index contributed by atoms with van der Waals surface area (Å²) in [4.78, 5) is 45.7. The van der Waals surface area contributed by atoms with E-state index < -0.39 is 52.2 Å². The van der Waals surface area contributed by atoms with E-state index in [1.807, 2.05) is 57.8 Å². The summed E-state index contributed by atoms with van der Waals surface area (Å²) in [6.45, 7) is -0.284. The maximum absolute atomic E-state index is 12.2. The predicted molar refractivity (Wildman–Crippen MR) is 146 cm³/mol. The minimum Gasteiger partial charge on any atom is -0.480 e. The van der Waals surface area contributed by atoms with Gasteiger partial charge in [0.25, 0.3) is 0 Å². The Bertz CT molecular complexity index is 860. The third-order valence-corrected chi connectivity index (χ3v) is 7.92. The smallest absolute Gasteiger partial charge is 0.480 e. The third-order valence-electron chi connectivity index (χ3n) is 4.98. The quantitative estimate of drug-likeness (QED) is 0.0950. The van der Waals surface area contributed by atoms with Gasteiger partial charge in [-0.05, 0) is 64.2 Å². The van der Waals surface area contributed by atoms with Crippen molar-refractivity contribution >= 4 is 45.4 Å². The number of hydrogen-bond acceptors (Lipinski definition) is 9. The summed E-state index contributed by atoms with van der Waals surface area (Å²) >= 11 is 1.10. The van der Waals surface area contributed by atoms with Crippen molar-refractivity contribution in [1.82, 2.24) is 10.6 Å². The van der Waals surface area contributed by atoms with Crippen LogP contribution in [0.25, 0.3) is 0 Å². The molecule has 15 heteroatoms. The van der Waals surface area contributed by atoms with E-state index in [9.17, 15) is 27.6 Å². The number of carbonyl (C=O) groups is 4. The predicted octanol–water partition coefficient (Wildman–Crippen LogP) is -0.547. The summed E-state index contributed by atoms with van der Waals surface area (Å²) in [7, 11) is -3.39. The minimum atomic E-state index is -3.39. The topological polar surface area (TPSA) is 202 Å². The molecule has 2 saturated carbocycles. The SMILES string of the molecule is N[C@@H](CCC(=O)N[C@@H](CSCCS(=O)(=O)CCOC[C]1[CH][CH][CH][CH]1)C(=O)NCC(=O)O)C(=O)O.[CH]1[CH][CH][CH][CH]1.[Fe+2]. The van der Waals surface area contributed by atoms with Gasteiger partial charge in [0.2, 0.25) is 11.8 Å². The molecule has 0 bridgehead atoms. The molecule has 0 saturated heterocycles. The number of ether oxygens (including phenoxy) is 1. The van der Waals surface area contributed by atoms with Crippen molar-refractivity contribution in [2.45, 2.75) is 24.9 Å². The molecule has 2 amide bonds. The Morgan fingerprint density at radius 2 is 1.57 bits per heavy atom. The summed E-state index contributed by atoms with van der Waals surface area (Å²) in [5, 5.41) is 22.0. The number of nitrogens with one attached hydrogen (secondary N) is 2. The molecule has 6 N–H and O–H groups in total. The number of hydrogen-bond donors (Lipinski definition) is 5. The molecule has 0 aromatic heterocycles. The normalized spacial score (nSPS) is 16.6. The van der Waals surface area contributed by atoms with Crippen LogP contribution in [0.15, 0.2) is 0 Å². The molecular formula is C25H35FeN3O9S2+2. The summed E-state index contributed by atoms with van der Waals surface area (Å²) in [6, 6.07) is -2.37. The number of amides is 2. The van der Waals surface area contributed by atoms with Crippen LogP contribution in [0.5, 0.6) is 0 Å². The zero-order valence-corrected chi connectivity index (χ0v) is 24.5. The number of aliphatic carboxylic acids is 2. The van der Waals surface area contributed by atoms with Gasteiger partial charge < -0.3 is 31.3 Å². The van der Waals surface area contributed by atoms with Crippen molar-refractivity contribution < 1.29 is 59.6 Å². The molecule has 2 rings (SSSR count). The third kappa shape index (κ3) is 19.7. The van der Waals surface area contributed by atoms with Gasteiger partial charge in [-0.1, -0.05) is 0 Å². The molecule has 40 heavy (non-hydrogen) atoms. The average molecular weight is 642 g/mol. The first kappa shape index (κ1) is 38.6. The van der Waals surface area contributed by atoms with Gasteiger partial charge in [-0.2, -0.15) is 11.8 Å². The molecule has 2 aliphatic rings. The number of rotatable bonds is 18. The summed E-state index contributed by atoms with van der Waals surface area (Å²) in [6.07, 6.45) is 17.1. The average Bonchev–Trinajstić information content (AvgIpc) is 3.63. The fraction of sp³-hybridized carbons (Fsp3) is 0.440. The largest absolute Gasteiger partial charge is 2.00 e. The van der Waals surface area contributed by atoms with Crippen molar-refractivity contribution in [1.29, 1.82) is 0 Å². The minimum absolute atomic E-state index is 0. The number of carboxylic acid groups (broad SMARTS) is 2. The zero-order chi connectivity index (χ0) is 29.1. The van der Waals surface area contributed by atoms with Crippen LogP contribution < -0.4 is 16.4 Å². The molecule has 0 spiro atoms. The first-order valence-electron chi connectivity index (χ1n) is 12.0. The summed E-state index contributed by atoms with van der Waals surface area (Å²) in [5.74, 6) is -3.16. The Hall–Kier alpha value is -1.38. The molecule has 12 nitrogen and oxygen atoms in total. The van der Waals surface area contributed by atoms with Gasteiger partial charge in [-0.3, -0.25) is 19.2 Å². The fourth-order valence-corrected chi connectivity index (χ4v) is 5.54. The van der Waals surface area contributed by atoms with Crippen molar-refractivity contribution in [2.75, 3.05) is 42.8 Å². The standard InChI is InChI=1S/C20H30N3O9S2.C5H5.Fe/c21-15(20(28)29)5-6-17(24)23-16(19(27)22-11-18(25)26)13-33-8-10-34(30,31)9-7-32-12-14-3-1-2-4-14;1-2-4-5-3-1;/h1-4,15-16H,5-13,21H2,(H,22,27)(H,23,24)(H,25,26)(H,28,29);1-5H;/q;;+2/t15-,16-;;/m0../s1. The Kier molecular flexibility index (Phi) is 21.5. The van der Waals surface area contributed by atoms with Gasteiger partial charge in [-0.15, -0.1) is 0 Å². The van der Waals surface area contributed by atoms with E-state index in [1.54, 1.807) is 0 Å². The van der Waals surface area contributed by atoms with Crippen molar-refractivity contribution in [3.63, 3.8) is 0 Å². The Balaban J connectivity index is 0.00000227. The van der Waals surface area contributed by atoms with Crippen LogP contribution in [-0.2, 0) is 50.8 Å². The molecular weight excluding hydrogens is 606 g/mol. The van der Waals surface area contributed by atoms with E-state index in [0.717, 1.165) is 17.7 Å². The van der Waals surface area contributed by atoms with Crippen LogP contribution in [0.4, 0.5) is 0 Å². The molecule has 10 radical (unpaired) electrons. The van der Waals surface area contributed by atoms with E-state index in [4.69, 9.17) is 20.7 Å². The van der Waals surface area contributed by atoms with Crippen molar-refractivity contribution in [3.05, 3.63) is 63.7 Å². The Morgan fingerprint density at radius 3 is 2.12 bits per heavy atom. The van der Waals surface area contributed by atoms with Crippen LogP contribution >= 0.6 is 11.8 Å². The van der Waals surface area contributed by atoms with E-state index in [-0.39, 0.29) is 59.5 Å². The first-order valence-corrected chi connectivity index (χ1v) is 15.0. The number of nitrogens with two attached hydrogens (primary N) is 1. The van der Waals surface area contributed by atoms with Gasteiger partial charge in [-0.25, -0.2) is 8.42 Å². The monoisotopic (exact) mass is 641 g/mol. The number of carbonyl (C=O) groups excluding carboxylic acids is 2. The molecule has 2 aliphatic carbocycles. The maximum atomic E-state index is 12.2. The van der Waals surface area contributed by atoms with E-state index in [1.165, 1.54) is 0 Å². The molecule has 0 unspecified atom stereocenters.